The minimum atomic E-state index is 0.0568. The molecule has 0 saturated heterocycles. The maximum Gasteiger partial charge on any atom is 0.224 e. The van der Waals surface area contributed by atoms with Gasteiger partial charge in [-0.3, -0.25) is 4.79 Å². The van der Waals surface area contributed by atoms with Crippen molar-refractivity contribution in [2.75, 3.05) is 12.4 Å². The van der Waals surface area contributed by atoms with Crippen LogP contribution in [0, 0.1) is 0 Å². The van der Waals surface area contributed by atoms with Gasteiger partial charge in [0.15, 0.2) is 0 Å². The Morgan fingerprint density at radius 3 is 2.64 bits per heavy atom. The standard InChI is InChI=1S/C11H14ClNO/c12-7-4-8-13-11(14)9-10-5-2-1-3-6-10/h1-3,5-6H,4,7-9H2,(H,13,14). The van der Waals surface area contributed by atoms with Crippen LogP contribution in [-0.2, 0) is 11.2 Å². The van der Waals surface area contributed by atoms with Gasteiger partial charge in [-0.05, 0) is 12.0 Å². The van der Waals surface area contributed by atoms with Crippen LogP contribution in [0.2, 0.25) is 0 Å². The van der Waals surface area contributed by atoms with Gasteiger partial charge in [-0.25, -0.2) is 0 Å². The lowest BCUT2D eigenvalue weighted by Crippen LogP contribution is -2.26. The summed E-state index contributed by atoms with van der Waals surface area (Å²) in [6.07, 6.45) is 1.27. The average Bonchev–Trinajstić information content (AvgIpc) is 2.20. The van der Waals surface area contributed by atoms with Crippen molar-refractivity contribution in [1.82, 2.24) is 5.32 Å². The minimum Gasteiger partial charge on any atom is -0.356 e. The Kier molecular flexibility index (Phi) is 5.08. The van der Waals surface area contributed by atoms with E-state index in [9.17, 15) is 4.79 Å². The molecule has 1 aromatic carbocycles. The number of hydrogen-bond acceptors (Lipinski definition) is 1. The van der Waals surface area contributed by atoms with Crippen molar-refractivity contribution < 1.29 is 4.79 Å². The fourth-order valence-corrected chi connectivity index (χ4v) is 1.27. The molecule has 14 heavy (non-hydrogen) atoms. The molecule has 0 aliphatic heterocycles. The van der Waals surface area contributed by atoms with Gasteiger partial charge in [0.2, 0.25) is 5.91 Å². The van der Waals surface area contributed by atoms with Gasteiger partial charge < -0.3 is 5.32 Å². The zero-order valence-electron chi connectivity index (χ0n) is 8.00. The summed E-state index contributed by atoms with van der Waals surface area (Å²) in [4.78, 5) is 11.3. The number of benzene rings is 1. The van der Waals surface area contributed by atoms with E-state index in [1.807, 2.05) is 30.3 Å². The highest BCUT2D eigenvalue weighted by Gasteiger charge is 2.00. The van der Waals surface area contributed by atoms with E-state index >= 15 is 0 Å². The van der Waals surface area contributed by atoms with Crippen LogP contribution < -0.4 is 5.32 Å². The molecule has 1 rings (SSSR count). The van der Waals surface area contributed by atoms with Crippen LogP contribution in [0.3, 0.4) is 0 Å². The Bertz CT molecular complexity index is 274. The van der Waals surface area contributed by atoms with Crippen molar-refractivity contribution in [1.29, 1.82) is 0 Å². The molecule has 0 saturated carbocycles. The minimum absolute atomic E-state index is 0.0568. The Balaban J connectivity index is 2.27. The number of alkyl halides is 1. The number of carbonyl (C=O) groups is 1. The SMILES string of the molecule is O=C(Cc1ccccc1)NCCCCl. The van der Waals surface area contributed by atoms with Crippen molar-refractivity contribution in [3.05, 3.63) is 35.9 Å². The molecule has 1 amide bonds. The van der Waals surface area contributed by atoms with Crippen LogP contribution in [-0.4, -0.2) is 18.3 Å². The Hall–Kier alpha value is -1.02. The van der Waals surface area contributed by atoms with Gasteiger partial charge in [-0.1, -0.05) is 30.3 Å². The quantitative estimate of drug-likeness (QED) is 0.586. The molecule has 1 aromatic rings. The largest absolute Gasteiger partial charge is 0.356 e. The first-order chi connectivity index (χ1) is 6.83. The van der Waals surface area contributed by atoms with Gasteiger partial charge in [0, 0.05) is 12.4 Å². The summed E-state index contributed by atoms with van der Waals surface area (Å²) < 4.78 is 0. The van der Waals surface area contributed by atoms with Gasteiger partial charge >= 0.3 is 0 Å². The van der Waals surface area contributed by atoms with Crippen molar-refractivity contribution in [2.24, 2.45) is 0 Å². The Morgan fingerprint density at radius 2 is 2.00 bits per heavy atom. The summed E-state index contributed by atoms with van der Waals surface area (Å²) >= 11 is 5.49. The molecular formula is C11H14ClNO. The Morgan fingerprint density at radius 1 is 1.29 bits per heavy atom. The van der Waals surface area contributed by atoms with Crippen molar-refractivity contribution >= 4 is 17.5 Å². The van der Waals surface area contributed by atoms with E-state index in [0.717, 1.165) is 12.0 Å². The third-order valence-corrected chi connectivity index (χ3v) is 2.11. The molecule has 0 aliphatic rings. The lowest BCUT2D eigenvalue weighted by atomic mass is 10.1. The summed E-state index contributed by atoms with van der Waals surface area (Å²) in [5.41, 5.74) is 1.04. The molecule has 2 nitrogen and oxygen atoms in total. The monoisotopic (exact) mass is 211 g/mol. The van der Waals surface area contributed by atoms with Gasteiger partial charge in [0.25, 0.3) is 0 Å². The molecular weight excluding hydrogens is 198 g/mol. The number of carbonyl (C=O) groups excluding carboxylic acids is 1. The third-order valence-electron chi connectivity index (χ3n) is 1.84. The fourth-order valence-electron chi connectivity index (χ4n) is 1.14. The summed E-state index contributed by atoms with van der Waals surface area (Å²) in [6, 6.07) is 9.69. The molecule has 0 atom stereocenters. The number of amides is 1. The van der Waals surface area contributed by atoms with E-state index in [0.29, 0.717) is 18.8 Å². The van der Waals surface area contributed by atoms with Gasteiger partial charge in [-0.15, -0.1) is 11.6 Å². The van der Waals surface area contributed by atoms with Crippen LogP contribution in [0.1, 0.15) is 12.0 Å². The highest BCUT2D eigenvalue weighted by atomic mass is 35.5. The first-order valence-electron chi connectivity index (χ1n) is 4.69. The highest BCUT2D eigenvalue weighted by molar-refractivity contribution is 6.17. The Labute approximate surface area is 89.3 Å². The third kappa shape index (κ3) is 4.28. The van der Waals surface area contributed by atoms with Crippen molar-refractivity contribution in [3.63, 3.8) is 0 Å². The summed E-state index contributed by atoms with van der Waals surface area (Å²) in [7, 11) is 0. The lowest BCUT2D eigenvalue weighted by Gasteiger charge is -2.03. The second-order valence-corrected chi connectivity index (χ2v) is 3.43. The molecule has 0 bridgehead atoms. The second kappa shape index (κ2) is 6.44. The molecule has 0 aliphatic carbocycles. The summed E-state index contributed by atoms with van der Waals surface area (Å²) in [5.74, 6) is 0.646. The van der Waals surface area contributed by atoms with Gasteiger partial charge in [0.1, 0.15) is 0 Å². The number of nitrogens with one attached hydrogen (secondary N) is 1. The zero-order valence-corrected chi connectivity index (χ0v) is 8.76. The topological polar surface area (TPSA) is 29.1 Å². The average molecular weight is 212 g/mol. The van der Waals surface area contributed by atoms with E-state index in [4.69, 9.17) is 11.6 Å². The molecule has 0 radical (unpaired) electrons. The van der Waals surface area contributed by atoms with Crippen LogP contribution >= 0.6 is 11.6 Å². The van der Waals surface area contributed by atoms with E-state index < -0.39 is 0 Å². The van der Waals surface area contributed by atoms with E-state index in [-0.39, 0.29) is 5.91 Å². The van der Waals surface area contributed by atoms with Gasteiger partial charge in [-0.2, -0.15) is 0 Å². The van der Waals surface area contributed by atoms with Crippen molar-refractivity contribution in [3.8, 4) is 0 Å². The highest BCUT2D eigenvalue weighted by Crippen LogP contribution is 1.98. The van der Waals surface area contributed by atoms with Crippen LogP contribution in [0.15, 0.2) is 30.3 Å². The number of halogens is 1. The first-order valence-corrected chi connectivity index (χ1v) is 5.23. The van der Waals surface area contributed by atoms with Crippen LogP contribution in [0.4, 0.5) is 0 Å². The van der Waals surface area contributed by atoms with Crippen LogP contribution in [0.25, 0.3) is 0 Å². The summed E-state index contributed by atoms with van der Waals surface area (Å²) in [5, 5.41) is 2.81. The maximum atomic E-state index is 11.3. The summed E-state index contributed by atoms with van der Waals surface area (Å²) in [6.45, 7) is 0.662. The van der Waals surface area contributed by atoms with Crippen LogP contribution in [0.5, 0.6) is 0 Å². The second-order valence-electron chi connectivity index (χ2n) is 3.05. The van der Waals surface area contributed by atoms with E-state index in [1.165, 1.54) is 0 Å². The molecule has 0 spiro atoms. The van der Waals surface area contributed by atoms with E-state index in [2.05, 4.69) is 5.32 Å². The zero-order chi connectivity index (χ0) is 10.2. The predicted molar refractivity (Wildman–Crippen MR) is 58.5 cm³/mol. The normalized spacial score (nSPS) is 9.79. The molecule has 0 fully saturated rings. The first kappa shape index (κ1) is 11.1. The predicted octanol–water partition coefficient (Wildman–Crippen LogP) is 1.97. The molecule has 0 heterocycles. The molecule has 0 aromatic heterocycles. The number of hydrogen-bond donors (Lipinski definition) is 1. The maximum absolute atomic E-state index is 11.3. The van der Waals surface area contributed by atoms with Crippen molar-refractivity contribution in [2.45, 2.75) is 12.8 Å². The lowest BCUT2D eigenvalue weighted by molar-refractivity contribution is -0.120. The molecule has 76 valence electrons. The molecule has 0 unspecified atom stereocenters. The molecule has 3 heteroatoms. The smallest absolute Gasteiger partial charge is 0.224 e. The van der Waals surface area contributed by atoms with E-state index in [1.54, 1.807) is 0 Å². The molecule has 1 N–H and O–H groups in total. The fraction of sp³-hybridized carbons (Fsp3) is 0.364. The van der Waals surface area contributed by atoms with Gasteiger partial charge in [0.05, 0.1) is 6.42 Å². The number of rotatable bonds is 5.